The summed E-state index contributed by atoms with van der Waals surface area (Å²) in [7, 11) is 0. The number of fused-ring (bicyclic) bond motifs is 7. The van der Waals surface area contributed by atoms with E-state index in [-0.39, 0.29) is 11.8 Å². The van der Waals surface area contributed by atoms with E-state index in [2.05, 4.69) is 70.5 Å². The van der Waals surface area contributed by atoms with Gasteiger partial charge in [-0.05, 0) is 96.4 Å². The minimum atomic E-state index is -0.192. The number of rotatable bonds is 7. The van der Waals surface area contributed by atoms with Crippen LogP contribution >= 0.6 is 0 Å². The Morgan fingerprint density at radius 3 is 2.34 bits per heavy atom. The lowest BCUT2D eigenvalue weighted by atomic mass is 9.68. The highest BCUT2D eigenvalue weighted by Gasteiger charge is 2.53. The molecule has 2 bridgehead atoms. The quantitative estimate of drug-likeness (QED) is 0.232. The molecule has 0 spiro atoms. The topological polar surface area (TPSA) is 70.2 Å². The zero-order valence-electron chi connectivity index (χ0n) is 23.1. The van der Waals surface area contributed by atoms with E-state index in [0.29, 0.717) is 47.2 Å². The van der Waals surface area contributed by atoms with Gasteiger partial charge in [0.2, 0.25) is 0 Å². The van der Waals surface area contributed by atoms with Gasteiger partial charge in [-0.15, -0.1) is 0 Å². The van der Waals surface area contributed by atoms with Crippen LogP contribution in [-0.4, -0.2) is 18.4 Å². The first kappa shape index (κ1) is 25.6. The molecule has 3 aliphatic rings. The van der Waals surface area contributed by atoms with Gasteiger partial charge < -0.3 is 16.0 Å². The number of para-hydroxylation sites is 1. The summed E-state index contributed by atoms with van der Waals surface area (Å²) in [5.41, 5.74) is 6.55. The van der Waals surface area contributed by atoms with Gasteiger partial charge in [0.15, 0.2) is 0 Å². The standard InChI is InChI=1S/C36H35N3O2/c40-35(39-30-14-8-7-13-28(30)36(41)37-20-19-23-9-3-1-4-10-23)27-17-18-31-29(22-27)32-25-15-16-26(21-25)33(32)34(38-31)24-11-5-2-6-12-24/h1-14,17-18,22,25-26,32-34,38H,15-16,19-21H2,(H,37,41)(H,39,40)/t25-,26-,32-,33-,34+/m0/s1. The number of hydrogen-bond acceptors (Lipinski definition) is 3. The molecule has 5 atom stereocenters. The number of anilines is 2. The summed E-state index contributed by atoms with van der Waals surface area (Å²) in [4.78, 5) is 26.6. The third-order valence-corrected chi connectivity index (χ3v) is 9.47. The Hall–Kier alpha value is -4.38. The number of carbonyl (C=O) groups excluding carboxylic acids is 2. The summed E-state index contributed by atoms with van der Waals surface area (Å²) in [6.07, 6.45) is 4.61. The molecule has 7 rings (SSSR count). The van der Waals surface area contributed by atoms with Gasteiger partial charge in [-0.2, -0.15) is 0 Å². The van der Waals surface area contributed by atoms with Crippen LogP contribution in [0.5, 0.6) is 0 Å². The van der Waals surface area contributed by atoms with Gasteiger partial charge in [-0.1, -0.05) is 72.8 Å². The van der Waals surface area contributed by atoms with E-state index in [1.807, 2.05) is 36.4 Å². The van der Waals surface area contributed by atoms with Crippen molar-refractivity contribution in [2.75, 3.05) is 17.2 Å². The Bertz CT molecular complexity index is 1570. The minimum absolute atomic E-state index is 0.191. The van der Waals surface area contributed by atoms with Crippen LogP contribution in [0.3, 0.4) is 0 Å². The zero-order valence-corrected chi connectivity index (χ0v) is 23.1. The first-order valence-electron chi connectivity index (χ1n) is 14.8. The lowest BCUT2D eigenvalue weighted by molar-refractivity contribution is 0.0955. The smallest absolute Gasteiger partial charge is 0.255 e. The molecule has 5 nitrogen and oxygen atoms in total. The molecule has 41 heavy (non-hydrogen) atoms. The molecule has 2 amide bonds. The lowest BCUT2D eigenvalue weighted by Gasteiger charge is -2.43. The molecule has 206 valence electrons. The fourth-order valence-corrected chi connectivity index (χ4v) is 7.66. The average Bonchev–Trinajstić information content (AvgIpc) is 3.65. The Morgan fingerprint density at radius 2 is 1.51 bits per heavy atom. The van der Waals surface area contributed by atoms with Gasteiger partial charge in [0.25, 0.3) is 11.8 Å². The summed E-state index contributed by atoms with van der Waals surface area (Å²) in [6.45, 7) is 0.525. The second kappa shape index (κ2) is 10.9. The maximum Gasteiger partial charge on any atom is 0.255 e. The normalized spacial score (nSPS) is 23.7. The molecule has 0 aromatic heterocycles. The SMILES string of the molecule is O=C(Nc1ccccc1C(=O)NCCc1ccccc1)c1ccc2c(c1)[C@@H]1[C@H]3CC[C@@H](C3)[C@@H]1[C@@H](c1ccccc1)N2. The maximum atomic E-state index is 13.5. The molecule has 5 heteroatoms. The van der Waals surface area contributed by atoms with Crippen LogP contribution in [0.25, 0.3) is 0 Å². The van der Waals surface area contributed by atoms with Crippen molar-refractivity contribution in [2.45, 2.75) is 37.6 Å². The van der Waals surface area contributed by atoms with Crippen LogP contribution in [0.15, 0.2) is 103 Å². The van der Waals surface area contributed by atoms with Crippen molar-refractivity contribution in [3.05, 3.63) is 131 Å². The molecule has 1 heterocycles. The van der Waals surface area contributed by atoms with Crippen LogP contribution < -0.4 is 16.0 Å². The van der Waals surface area contributed by atoms with Gasteiger partial charge in [-0.25, -0.2) is 0 Å². The molecule has 0 saturated heterocycles. The monoisotopic (exact) mass is 541 g/mol. The van der Waals surface area contributed by atoms with Crippen LogP contribution in [-0.2, 0) is 6.42 Å². The fourth-order valence-electron chi connectivity index (χ4n) is 7.66. The molecule has 3 N–H and O–H groups in total. The van der Waals surface area contributed by atoms with E-state index < -0.39 is 0 Å². The van der Waals surface area contributed by atoms with Crippen LogP contribution in [0.4, 0.5) is 11.4 Å². The van der Waals surface area contributed by atoms with Crippen LogP contribution in [0.2, 0.25) is 0 Å². The zero-order chi connectivity index (χ0) is 27.8. The van der Waals surface area contributed by atoms with Crippen LogP contribution in [0, 0.1) is 17.8 Å². The molecule has 4 aromatic carbocycles. The Labute approximate surface area is 241 Å². The van der Waals surface area contributed by atoms with Crippen molar-refractivity contribution in [3.8, 4) is 0 Å². The number of nitrogens with one attached hydrogen (secondary N) is 3. The predicted octanol–water partition coefficient (Wildman–Crippen LogP) is 7.21. The summed E-state index contributed by atoms with van der Waals surface area (Å²) in [6, 6.07) is 34.5. The van der Waals surface area contributed by atoms with Crippen molar-refractivity contribution in [3.63, 3.8) is 0 Å². The first-order chi connectivity index (χ1) is 20.2. The highest BCUT2D eigenvalue weighted by molar-refractivity contribution is 6.09. The van der Waals surface area contributed by atoms with Gasteiger partial charge in [0.1, 0.15) is 0 Å². The largest absolute Gasteiger partial charge is 0.378 e. The molecular weight excluding hydrogens is 506 g/mol. The van der Waals surface area contributed by atoms with E-state index in [9.17, 15) is 9.59 Å². The number of carbonyl (C=O) groups is 2. The maximum absolute atomic E-state index is 13.5. The Kier molecular flexibility index (Phi) is 6.79. The van der Waals surface area contributed by atoms with Gasteiger partial charge >= 0.3 is 0 Å². The second-order valence-electron chi connectivity index (χ2n) is 11.8. The average molecular weight is 542 g/mol. The van der Waals surface area contributed by atoms with E-state index >= 15 is 0 Å². The third kappa shape index (κ3) is 4.90. The summed E-state index contributed by atoms with van der Waals surface area (Å²) in [5, 5.41) is 9.89. The van der Waals surface area contributed by atoms with E-state index in [4.69, 9.17) is 0 Å². The molecule has 4 aromatic rings. The van der Waals surface area contributed by atoms with Gasteiger partial charge in [0.05, 0.1) is 17.3 Å². The number of hydrogen-bond donors (Lipinski definition) is 3. The van der Waals surface area contributed by atoms with Crippen molar-refractivity contribution in [1.82, 2.24) is 5.32 Å². The highest BCUT2D eigenvalue weighted by Crippen LogP contribution is 2.63. The number of benzene rings is 4. The fraction of sp³-hybridized carbons (Fsp3) is 0.278. The molecule has 1 aliphatic heterocycles. The van der Waals surface area contributed by atoms with Crippen LogP contribution in [0.1, 0.15) is 68.6 Å². The van der Waals surface area contributed by atoms with E-state index in [1.165, 1.54) is 36.0 Å². The second-order valence-corrected chi connectivity index (χ2v) is 11.8. The number of amides is 2. The Morgan fingerprint density at radius 1 is 0.780 bits per heavy atom. The van der Waals surface area contributed by atoms with Crippen molar-refractivity contribution < 1.29 is 9.59 Å². The molecule has 2 saturated carbocycles. The van der Waals surface area contributed by atoms with Crippen molar-refractivity contribution >= 4 is 23.2 Å². The summed E-state index contributed by atoms with van der Waals surface area (Å²) < 4.78 is 0. The molecular formula is C36H35N3O2. The van der Waals surface area contributed by atoms with Crippen molar-refractivity contribution in [1.29, 1.82) is 0 Å². The highest BCUT2D eigenvalue weighted by atomic mass is 16.2. The summed E-state index contributed by atoms with van der Waals surface area (Å²) >= 11 is 0. The van der Waals surface area contributed by atoms with Crippen molar-refractivity contribution in [2.24, 2.45) is 17.8 Å². The third-order valence-electron chi connectivity index (χ3n) is 9.47. The lowest BCUT2D eigenvalue weighted by Crippen LogP contribution is -2.35. The summed E-state index contributed by atoms with van der Waals surface area (Å²) in [5.74, 6) is 2.02. The van der Waals surface area contributed by atoms with Gasteiger partial charge in [0, 0.05) is 17.8 Å². The first-order valence-corrected chi connectivity index (χ1v) is 14.8. The molecule has 0 radical (unpaired) electrons. The molecule has 0 unspecified atom stereocenters. The van der Waals surface area contributed by atoms with E-state index in [1.54, 1.807) is 12.1 Å². The van der Waals surface area contributed by atoms with Gasteiger partial charge in [-0.3, -0.25) is 9.59 Å². The molecule has 2 aliphatic carbocycles. The minimum Gasteiger partial charge on any atom is -0.378 e. The molecule has 2 fully saturated rings. The van der Waals surface area contributed by atoms with E-state index in [0.717, 1.165) is 18.0 Å². The predicted molar refractivity (Wildman–Crippen MR) is 163 cm³/mol. The Balaban J connectivity index is 1.10.